The van der Waals surface area contributed by atoms with E-state index in [0.29, 0.717) is 24.8 Å². The minimum Gasteiger partial charge on any atom is -0.508 e. The molecule has 2 aromatic rings. The Morgan fingerprint density at radius 1 is 1.03 bits per heavy atom. The van der Waals surface area contributed by atoms with E-state index in [-0.39, 0.29) is 42.0 Å². The maximum absolute atomic E-state index is 13.4. The highest BCUT2D eigenvalue weighted by molar-refractivity contribution is 7.89. The lowest BCUT2D eigenvalue weighted by atomic mass is 9.93. The van der Waals surface area contributed by atoms with Crippen LogP contribution in [0.2, 0.25) is 0 Å². The molecule has 212 valence electrons. The number of carboxylic acids is 1. The summed E-state index contributed by atoms with van der Waals surface area (Å²) in [6.45, 7) is 6.08. The molecule has 1 heterocycles. The van der Waals surface area contributed by atoms with E-state index in [2.05, 4.69) is 10.0 Å². The fraction of sp³-hybridized carbons (Fsp3) is 0.464. The lowest BCUT2D eigenvalue weighted by Crippen LogP contribution is -2.54. The van der Waals surface area contributed by atoms with Crippen LogP contribution in [0.1, 0.15) is 44.2 Å². The van der Waals surface area contributed by atoms with E-state index in [0.717, 1.165) is 5.56 Å². The van der Waals surface area contributed by atoms with Crippen molar-refractivity contribution in [3.63, 3.8) is 0 Å². The molecule has 3 rings (SSSR count). The van der Waals surface area contributed by atoms with Gasteiger partial charge in [-0.3, -0.25) is 9.59 Å². The van der Waals surface area contributed by atoms with Gasteiger partial charge in [-0.1, -0.05) is 50.1 Å². The number of piperidine rings is 1. The zero-order chi connectivity index (χ0) is 28.7. The maximum Gasteiger partial charge on any atom is 0.326 e. The van der Waals surface area contributed by atoms with Gasteiger partial charge in [0.25, 0.3) is 0 Å². The first-order valence-electron chi connectivity index (χ1n) is 13.1. The zero-order valence-corrected chi connectivity index (χ0v) is 23.3. The number of carboxylic acid groups (broad SMARTS) is 1. The number of carbonyl (C=O) groups is 3. The number of sulfonamides is 1. The summed E-state index contributed by atoms with van der Waals surface area (Å²) >= 11 is 0. The first-order valence-corrected chi connectivity index (χ1v) is 14.6. The van der Waals surface area contributed by atoms with Gasteiger partial charge in [0.15, 0.2) is 0 Å². The highest BCUT2D eigenvalue weighted by Crippen LogP contribution is 2.22. The molecule has 1 saturated heterocycles. The molecule has 2 aromatic carbocycles. The van der Waals surface area contributed by atoms with Gasteiger partial charge in [0.1, 0.15) is 17.8 Å². The van der Waals surface area contributed by atoms with Gasteiger partial charge in [0.2, 0.25) is 21.8 Å². The first kappa shape index (κ1) is 30.1. The van der Waals surface area contributed by atoms with Gasteiger partial charge in [-0.15, -0.1) is 0 Å². The van der Waals surface area contributed by atoms with Gasteiger partial charge in [-0.2, -0.15) is 4.72 Å². The quantitative estimate of drug-likeness (QED) is 0.330. The molecular weight excluding hydrogens is 522 g/mol. The zero-order valence-electron chi connectivity index (χ0n) is 22.5. The van der Waals surface area contributed by atoms with Crippen molar-refractivity contribution in [3.05, 3.63) is 59.7 Å². The molecule has 0 spiro atoms. The number of amides is 2. The molecular formula is C28H37N3O7S. The molecule has 1 aliphatic heterocycles. The highest BCUT2D eigenvalue weighted by atomic mass is 32.2. The Balaban J connectivity index is 1.62. The number of hydrogen-bond acceptors (Lipinski definition) is 6. The monoisotopic (exact) mass is 559 g/mol. The van der Waals surface area contributed by atoms with E-state index < -0.39 is 39.9 Å². The summed E-state index contributed by atoms with van der Waals surface area (Å²) in [5.74, 6) is -2.56. The number of aromatic hydroxyl groups is 1. The van der Waals surface area contributed by atoms with Gasteiger partial charge < -0.3 is 20.4 Å². The van der Waals surface area contributed by atoms with Crippen LogP contribution in [0.4, 0.5) is 0 Å². The third kappa shape index (κ3) is 8.03. The van der Waals surface area contributed by atoms with Gasteiger partial charge in [-0.05, 0) is 55.5 Å². The molecule has 0 bridgehead atoms. The predicted octanol–water partition coefficient (Wildman–Crippen LogP) is 2.44. The number of aryl methyl sites for hydroxylation is 1. The Kier molecular flexibility index (Phi) is 10.1. The minimum absolute atomic E-state index is 0.0643. The Morgan fingerprint density at radius 3 is 2.15 bits per heavy atom. The molecule has 0 aromatic heterocycles. The number of aliphatic carboxylic acids is 1. The van der Waals surface area contributed by atoms with Crippen molar-refractivity contribution >= 4 is 27.8 Å². The van der Waals surface area contributed by atoms with E-state index in [1.165, 1.54) is 24.3 Å². The minimum atomic E-state index is -3.92. The smallest absolute Gasteiger partial charge is 0.326 e. The van der Waals surface area contributed by atoms with Crippen molar-refractivity contribution in [2.24, 2.45) is 11.8 Å². The molecule has 0 radical (unpaired) electrons. The van der Waals surface area contributed by atoms with E-state index >= 15 is 0 Å². The lowest BCUT2D eigenvalue weighted by molar-refractivity contribution is -0.143. The molecule has 3 atom stereocenters. The fourth-order valence-corrected chi connectivity index (χ4v) is 5.81. The summed E-state index contributed by atoms with van der Waals surface area (Å²) in [5.41, 5.74) is 1.58. The van der Waals surface area contributed by atoms with Gasteiger partial charge in [0.05, 0.1) is 4.90 Å². The lowest BCUT2D eigenvalue weighted by Gasteiger charge is -2.35. The number of phenols is 1. The number of carbonyl (C=O) groups excluding carboxylic acids is 2. The summed E-state index contributed by atoms with van der Waals surface area (Å²) < 4.78 is 28.6. The van der Waals surface area contributed by atoms with Gasteiger partial charge >= 0.3 is 5.97 Å². The standard InChI is InChI=1S/C28H37N3O7S/c1-4-19(3)25(30-39(37,38)23-11-5-18(2)6-12-23)27(34)31-15-13-21(14-16-31)26(33)29-24(28(35)36)17-20-7-9-22(32)10-8-20/h5-12,19,21,24-25,30,32H,4,13-17H2,1-3H3,(H,29,33)(H,35,36). The number of rotatable bonds is 11. The van der Waals surface area contributed by atoms with Crippen LogP contribution in [0.25, 0.3) is 0 Å². The predicted molar refractivity (Wildman–Crippen MR) is 145 cm³/mol. The number of nitrogens with zero attached hydrogens (tertiary/aromatic N) is 1. The molecule has 10 nitrogen and oxygen atoms in total. The third-order valence-electron chi connectivity index (χ3n) is 7.26. The number of benzene rings is 2. The van der Waals surface area contributed by atoms with Crippen LogP contribution in [0, 0.1) is 18.8 Å². The van der Waals surface area contributed by atoms with Crippen molar-refractivity contribution in [1.82, 2.24) is 14.9 Å². The SMILES string of the molecule is CCC(C)C(NS(=O)(=O)c1ccc(C)cc1)C(=O)N1CCC(C(=O)NC(Cc2ccc(O)cc2)C(=O)O)CC1. The summed E-state index contributed by atoms with van der Waals surface area (Å²) in [6, 6.07) is 10.4. The van der Waals surface area contributed by atoms with Crippen LogP contribution in [0.15, 0.2) is 53.4 Å². The van der Waals surface area contributed by atoms with Crippen molar-refractivity contribution in [2.75, 3.05) is 13.1 Å². The number of nitrogens with one attached hydrogen (secondary N) is 2. The van der Waals surface area contributed by atoms with Crippen molar-refractivity contribution < 1.29 is 33.0 Å². The van der Waals surface area contributed by atoms with Crippen molar-refractivity contribution in [1.29, 1.82) is 0 Å². The van der Waals surface area contributed by atoms with Crippen molar-refractivity contribution in [2.45, 2.75) is 63.4 Å². The first-order chi connectivity index (χ1) is 18.4. The molecule has 39 heavy (non-hydrogen) atoms. The van der Waals surface area contributed by atoms with Crippen LogP contribution >= 0.6 is 0 Å². The molecule has 11 heteroatoms. The summed E-state index contributed by atoms with van der Waals surface area (Å²) in [4.78, 5) is 39.7. The van der Waals surface area contributed by atoms with E-state index in [9.17, 15) is 33.0 Å². The summed E-state index contributed by atoms with van der Waals surface area (Å²) in [7, 11) is -3.92. The summed E-state index contributed by atoms with van der Waals surface area (Å²) in [6.07, 6.45) is 1.32. The Bertz CT molecular complexity index is 1260. The maximum atomic E-state index is 13.4. The number of phenolic OH excluding ortho intramolecular Hbond substituents is 1. The van der Waals surface area contributed by atoms with Crippen LogP contribution in [0.3, 0.4) is 0 Å². The van der Waals surface area contributed by atoms with Crippen LogP contribution in [-0.4, -0.2) is 66.5 Å². The fourth-order valence-electron chi connectivity index (χ4n) is 4.51. The molecule has 0 saturated carbocycles. The van der Waals surface area contributed by atoms with Gasteiger partial charge in [-0.25, -0.2) is 13.2 Å². The largest absolute Gasteiger partial charge is 0.508 e. The Labute approximate surface area is 229 Å². The second kappa shape index (κ2) is 13.1. The molecule has 4 N–H and O–H groups in total. The van der Waals surface area contributed by atoms with Gasteiger partial charge in [0, 0.05) is 25.4 Å². The molecule has 1 fully saturated rings. The molecule has 1 aliphatic rings. The molecule has 3 unspecified atom stereocenters. The van der Waals surface area contributed by atoms with E-state index in [4.69, 9.17) is 0 Å². The second-order valence-corrected chi connectivity index (χ2v) is 11.9. The van der Waals surface area contributed by atoms with Crippen molar-refractivity contribution in [3.8, 4) is 5.75 Å². The second-order valence-electron chi connectivity index (χ2n) is 10.2. The molecule has 0 aliphatic carbocycles. The number of hydrogen-bond donors (Lipinski definition) is 4. The molecule has 2 amide bonds. The van der Waals surface area contributed by atoms with Crippen LogP contribution in [-0.2, 0) is 30.8 Å². The highest BCUT2D eigenvalue weighted by Gasteiger charge is 2.36. The average molecular weight is 560 g/mol. The van der Waals surface area contributed by atoms with Crippen LogP contribution in [0.5, 0.6) is 5.75 Å². The topological polar surface area (TPSA) is 153 Å². The Morgan fingerprint density at radius 2 is 1.62 bits per heavy atom. The number of likely N-dealkylation sites (tertiary alicyclic amines) is 1. The van der Waals surface area contributed by atoms with E-state index in [1.807, 2.05) is 20.8 Å². The Hall–Kier alpha value is -3.44. The normalized spacial score (nSPS) is 16.7. The average Bonchev–Trinajstić information content (AvgIpc) is 2.92. The van der Waals surface area contributed by atoms with Crippen LogP contribution < -0.4 is 10.0 Å². The summed E-state index contributed by atoms with van der Waals surface area (Å²) in [5, 5.41) is 21.6. The third-order valence-corrected chi connectivity index (χ3v) is 8.72. The van der Waals surface area contributed by atoms with E-state index in [1.54, 1.807) is 29.2 Å².